The largest absolute Gasteiger partial charge is 0.370 e. The molecule has 0 aliphatic carbocycles. The van der Waals surface area contributed by atoms with Crippen molar-refractivity contribution in [3.05, 3.63) is 34.4 Å². The third kappa shape index (κ3) is 2.34. The van der Waals surface area contributed by atoms with Crippen LogP contribution in [-0.2, 0) is 0 Å². The second kappa shape index (κ2) is 5.13. The Morgan fingerprint density at radius 1 is 1.25 bits per heavy atom. The minimum atomic E-state index is -0.294. The first kappa shape index (κ1) is 12.9. The van der Waals surface area contributed by atoms with E-state index in [4.69, 9.17) is 0 Å². The Bertz CT molecular complexity index is 769. The van der Waals surface area contributed by atoms with Crippen molar-refractivity contribution < 1.29 is 4.39 Å². The Morgan fingerprint density at radius 2 is 2.10 bits per heavy atom. The molecule has 6 heteroatoms. The summed E-state index contributed by atoms with van der Waals surface area (Å²) >= 11 is 1.55. The van der Waals surface area contributed by atoms with Gasteiger partial charge >= 0.3 is 0 Å². The molecule has 20 heavy (non-hydrogen) atoms. The van der Waals surface area contributed by atoms with Crippen LogP contribution in [0.1, 0.15) is 11.9 Å². The summed E-state index contributed by atoms with van der Waals surface area (Å²) in [6.07, 6.45) is 0. The van der Waals surface area contributed by atoms with E-state index in [1.165, 1.54) is 12.1 Å². The molecule has 0 aliphatic heterocycles. The molecule has 3 aromatic rings. The van der Waals surface area contributed by atoms with Gasteiger partial charge in [0.1, 0.15) is 17.3 Å². The lowest BCUT2D eigenvalue weighted by Gasteiger charge is -2.08. The van der Waals surface area contributed by atoms with Gasteiger partial charge in [-0.1, -0.05) is 0 Å². The molecular weight excluding hydrogens is 275 g/mol. The molecule has 1 aromatic carbocycles. The number of fused-ring (bicyclic) bond motifs is 1. The number of hydrogen-bond acceptors (Lipinski definition) is 5. The molecule has 0 atom stereocenters. The van der Waals surface area contributed by atoms with Crippen LogP contribution in [0.15, 0.2) is 23.6 Å². The van der Waals surface area contributed by atoms with Crippen LogP contribution >= 0.6 is 11.3 Å². The fraction of sp³-hybridized carbons (Fsp3) is 0.214. The van der Waals surface area contributed by atoms with Crippen LogP contribution in [0.2, 0.25) is 0 Å². The zero-order valence-electron chi connectivity index (χ0n) is 11.1. The van der Waals surface area contributed by atoms with Crippen LogP contribution in [0.3, 0.4) is 0 Å². The molecule has 2 aromatic heterocycles. The summed E-state index contributed by atoms with van der Waals surface area (Å²) < 4.78 is 13.4. The first-order chi connectivity index (χ1) is 9.67. The lowest BCUT2D eigenvalue weighted by atomic mass is 10.2. The summed E-state index contributed by atoms with van der Waals surface area (Å²) in [6.45, 7) is 4.62. The van der Waals surface area contributed by atoms with E-state index < -0.39 is 0 Å². The maximum Gasteiger partial charge on any atom is 0.181 e. The van der Waals surface area contributed by atoms with E-state index in [0.717, 1.165) is 10.7 Å². The fourth-order valence-electron chi connectivity index (χ4n) is 1.98. The van der Waals surface area contributed by atoms with Gasteiger partial charge < -0.3 is 5.32 Å². The van der Waals surface area contributed by atoms with E-state index in [2.05, 4.69) is 20.3 Å². The minimum Gasteiger partial charge on any atom is -0.370 e. The van der Waals surface area contributed by atoms with Gasteiger partial charge in [-0.15, -0.1) is 11.3 Å². The van der Waals surface area contributed by atoms with Crippen molar-refractivity contribution in [3.63, 3.8) is 0 Å². The second-order valence-electron chi connectivity index (χ2n) is 4.34. The number of hydrogen-bond donors (Lipinski definition) is 1. The number of halogens is 1. The molecule has 0 amide bonds. The highest BCUT2D eigenvalue weighted by Crippen LogP contribution is 2.26. The topological polar surface area (TPSA) is 50.7 Å². The molecule has 0 bridgehead atoms. The van der Waals surface area contributed by atoms with Gasteiger partial charge in [-0.05, 0) is 32.0 Å². The molecule has 0 fully saturated rings. The third-order valence-corrected chi connectivity index (χ3v) is 3.62. The first-order valence-electron chi connectivity index (χ1n) is 6.31. The van der Waals surface area contributed by atoms with Crippen molar-refractivity contribution in [2.24, 2.45) is 0 Å². The number of aromatic nitrogens is 3. The van der Waals surface area contributed by atoms with Gasteiger partial charge in [0.25, 0.3) is 0 Å². The van der Waals surface area contributed by atoms with Gasteiger partial charge in [-0.25, -0.2) is 19.3 Å². The van der Waals surface area contributed by atoms with Gasteiger partial charge in [-0.3, -0.25) is 0 Å². The number of rotatable bonds is 3. The van der Waals surface area contributed by atoms with Crippen molar-refractivity contribution >= 4 is 28.1 Å². The summed E-state index contributed by atoms with van der Waals surface area (Å²) in [7, 11) is 0. The number of aryl methyl sites for hydroxylation is 1. The summed E-state index contributed by atoms with van der Waals surface area (Å²) in [5.74, 6) is 0.902. The van der Waals surface area contributed by atoms with Crippen molar-refractivity contribution in [3.8, 4) is 11.5 Å². The van der Waals surface area contributed by atoms with Gasteiger partial charge in [0.15, 0.2) is 5.82 Å². The zero-order chi connectivity index (χ0) is 14.1. The number of anilines is 1. The Balaban J connectivity index is 2.22. The predicted octanol–water partition coefficient (Wildman–Crippen LogP) is 3.63. The summed E-state index contributed by atoms with van der Waals surface area (Å²) in [6, 6.07) is 4.51. The summed E-state index contributed by atoms with van der Waals surface area (Å²) in [5.41, 5.74) is 1.45. The number of nitrogens with one attached hydrogen (secondary N) is 1. The van der Waals surface area contributed by atoms with Crippen LogP contribution < -0.4 is 5.32 Å². The number of thiazole rings is 1. The van der Waals surface area contributed by atoms with Gasteiger partial charge in [0, 0.05) is 17.3 Å². The second-order valence-corrected chi connectivity index (χ2v) is 5.40. The Labute approximate surface area is 119 Å². The molecule has 0 spiro atoms. The Hall–Kier alpha value is -2.08. The average Bonchev–Trinajstić information content (AvgIpc) is 2.86. The minimum absolute atomic E-state index is 0.294. The fourth-order valence-corrected chi connectivity index (χ4v) is 2.57. The standard InChI is InChI=1S/C14H13FN4S/c1-3-16-13-10-6-9(15)4-5-11(10)18-14(19-13)12-7-20-8(2)17-12/h4-7H,3H2,1-2H3,(H,16,18,19). The number of nitrogens with zero attached hydrogens (tertiary/aromatic N) is 3. The molecule has 0 radical (unpaired) electrons. The van der Waals surface area contributed by atoms with E-state index in [9.17, 15) is 4.39 Å². The highest BCUT2D eigenvalue weighted by atomic mass is 32.1. The van der Waals surface area contributed by atoms with E-state index in [0.29, 0.717) is 29.1 Å². The SMILES string of the molecule is CCNc1nc(-c2csc(C)n2)nc2ccc(F)cc12. The monoisotopic (exact) mass is 288 g/mol. The van der Waals surface area contributed by atoms with Crippen LogP contribution in [0.25, 0.3) is 22.4 Å². The summed E-state index contributed by atoms with van der Waals surface area (Å²) in [5, 5.41) is 6.73. The molecule has 102 valence electrons. The van der Waals surface area contributed by atoms with Crippen molar-refractivity contribution in [2.75, 3.05) is 11.9 Å². The molecular formula is C14H13FN4S. The lowest BCUT2D eigenvalue weighted by Crippen LogP contribution is -2.03. The normalized spacial score (nSPS) is 10.9. The van der Waals surface area contributed by atoms with E-state index in [1.807, 2.05) is 19.2 Å². The van der Waals surface area contributed by atoms with Crippen molar-refractivity contribution in [2.45, 2.75) is 13.8 Å². The third-order valence-electron chi connectivity index (χ3n) is 2.85. The van der Waals surface area contributed by atoms with Crippen molar-refractivity contribution in [1.29, 1.82) is 0 Å². The summed E-state index contributed by atoms with van der Waals surface area (Å²) in [4.78, 5) is 13.3. The van der Waals surface area contributed by atoms with E-state index in [1.54, 1.807) is 17.4 Å². The average molecular weight is 288 g/mol. The van der Waals surface area contributed by atoms with Gasteiger partial charge in [0.05, 0.1) is 10.5 Å². The highest BCUT2D eigenvalue weighted by molar-refractivity contribution is 7.09. The molecule has 4 nitrogen and oxygen atoms in total. The molecule has 3 rings (SSSR count). The molecule has 0 aliphatic rings. The quantitative estimate of drug-likeness (QED) is 0.799. The van der Waals surface area contributed by atoms with Crippen LogP contribution in [-0.4, -0.2) is 21.5 Å². The Morgan fingerprint density at radius 3 is 2.80 bits per heavy atom. The molecule has 0 unspecified atom stereocenters. The molecule has 2 heterocycles. The highest BCUT2D eigenvalue weighted by Gasteiger charge is 2.11. The van der Waals surface area contributed by atoms with Crippen molar-refractivity contribution in [1.82, 2.24) is 15.0 Å². The number of benzene rings is 1. The van der Waals surface area contributed by atoms with Gasteiger partial charge in [-0.2, -0.15) is 0 Å². The van der Waals surface area contributed by atoms with Gasteiger partial charge in [0.2, 0.25) is 0 Å². The maximum atomic E-state index is 13.4. The van der Waals surface area contributed by atoms with E-state index >= 15 is 0 Å². The van der Waals surface area contributed by atoms with Crippen LogP contribution in [0.5, 0.6) is 0 Å². The van der Waals surface area contributed by atoms with Crippen LogP contribution in [0.4, 0.5) is 10.2 Å². The predicted molar refractivity (Wildman–Crippen MR) is 79.5 cm³/mol. The van der Waals surface area contributed by atoms with E-state index in [-0.39, 0.29) is 5.82 Å². The molecule has 1 N–H and O–H groups in total. The molecule has 0 saturated carbocycles. The smallest absolute Gasteiger partial charge is 0.181 e. The first-order valence-corrected chi connectivity index (χ1v) is 7.19. The van der Waals surface area contributed by atoms with Crippen LogP contribution in [0, 0.1) is 12.7 Å². The lowest BCUT2D eigenvalue weighted by molar-refractivity contribution is 0.629. The Kier molecular flexibility index (Phi) is 3.31. The maximum absolute atomic E-state index is 13.4. The zero-order valence-corrected chi connectivity index (χ0v) is 12.0. The molecule has 0 saturated heterocycles.